The van der Waals surface area contributed by atoms with Crippen molar-refractivity contribution in [2.24, 2.45) is 0 Å². The molecular weight excluding hydrogens is 152 g/mol. The number of allylic oxidation sites excluding steroid dienone is 2. The van der Waals surface area contributed by atoms with Crippen molar-refractivity contribution in [2.45, 2.75) is 46.0 Å². The SMILES string of the molecule is C/C=C(\CCS)CCCCC. The molecule has 0 aromatic carbocycles. The average Bonchev–Trinajstić information content (AvgIpc) is 2.03. The Labute approximate surface area is 76.5 Å². The van der Waals surface area contributed by atoms with Gasteiger partial charge in [0.25, 0.3) is 0 Å². The summed E-state index contributed by atoms with van der Waals surface area (Å²) in [6.07, 6.45) is 8.73. The Bertz CT molecular complexity index is 105. The molecule has 0 aliphatic rings. The van der Waals surface area contributed by atoms with E-state index in [1.165, 1.54) is 32.1 Å². The van der Waals surface area contributed by atoms with Gasteiger partial charge in [-0.3, -0.25) is 0 Å². The molecule has 0 saturated heterocycles. The zero-order valence-electron chi connectivity index (χ0n) is 7.77. The van der Waals surface area contributed by atoms with Crippen molar-refractivity contribution in [1.29, 1.82) is 0 Å². The predicted molar refractivity (Wildman–Crippen MR) is 56.4 cm³/mol. The molecule has 0 unspecified atom stereocenters. The van der Waals surface area contributed by atoms with Crippen molar-refractivity contribution in [3.63, 3.8) is 0 Å². The van der Waals surface area contributed by atoms with Crippen LogP contribution in [0.5, 0.6) is 0 Å². The zero-order valence-corrected chi connectivity index (χ0v) is 8.66. The van der Waals surface area contributed by atoms with E-state index in [9.17, 15) is 0 Å². The van der Waals surface area contributed by atoms with Crippen LogP contribution >= 0.6 is 12.6 Å². The number of rotatable bonds is 6. The van der Waals surface area contributed by atoms with E-state index in [-0.39, 0.29) is 0 Å². The largest absolute Gasteiger partial charge is 0.179 e. The lowest BCUT2D eigenvalue weighted by atomic mass is 10.1. The molecule has 0 radical (unpaired) electrons. The Kier molecular flexibility index (Phi) is 8.26. The summed E-state index contributed by atoms with van der Waals surface area (Å²) < 4.78 is 0. The normalized spacial score (nSPS) is 12.1. The fourth-order valence-corrected chi connectivity index (χ4v) is 1.45. The van der Waals surface area contributed by atoms with E-state index in [1.54, 1.807) is 5.57 Å². The van der Waals surface area contributed by atoms with Crippen molar-refractivity contribution < 1.29 is 0 Å². The number of unbranched alkanes of at least 4 members (excludes halogenated alkanes) is 2. The molecule has 11 heavy (non-hydrogen) atoms. The second-order valence-electron chi connectivity index (χ2n) is 2.88. The van der Waals surface area contributed by atoms with Gasteiger partial charge in [-0.2, -0.15) is 12.6 Å². The lowest BCUT2D eigenvalue weighted by Crippen LogP contribution is -1.85. The highest BCUT2D eigenvalue weighted by molar-refractivity contribution is 7.80. The van der Waals surface area contributed by atoms with Crippen LogP contribution in [0, 0.1) is 0 Å². The van der Waals surface area contributed by atoms with E-state index in [0.29, 0.717) is 0 Å². The minimum atomic E-state index is 0.992. The smallest absolute Gasteiger partial charge is 0.00606 e. The quantitative estimate of drug-likeness (QED) is 0.351. The minimum absolute atomic E-state index is 0.992. The molecule has 0 aliphatic heterocycles. The van der Waals surface area contributed by atoms with Crippen LogP contribution in [0.3, 0.4) is 0 Å². The highest BCUT2D eigenvalue weighted by atomic mass is 32.1. The summed E-state index contributed by atoms with van der Waals surface area (Å²) in [5, 5.41) is 0. The first-order chi connectivity index (χ1) is 5.35. The summed E-state index contributed by atoms with van der Waals surface area (Å²) >= 11 is 4.22. The summed E-state index contributed by atoms with van der Waals surface area (Å²) in [4.78, 5) is 0. The summed E-state index contributed by atoms with van der Waals surface area (Å²) in [5.74, 6) is 0.992. The maximum atomic E-state index is 4.22. The summed E-state index contributed by atoms with van der Waals surface area (Å²) in [6, 6.07) is 0. The van der Waals surface area contributed by atoms with Crippen LogP contribution in [0.2, 0.25) is 0 Å². The third-order valence-electron chi connectivity index (χ3n) is 1.94. The monoisotopic (exact) mass is 172 g/mol. The van der Waals surface area contributed by atoms with Crippen LogP contribution in [-0.4, -0.2) is 5.75 Å². The first-order valence-corrected chi connectivity index (χ1v) is 5.23. The van der Waals surface area contributed by atoms with Gasteiger partial charge >= 0.3 is 0 Å². The van der Waals surface area contributed by atoms with E-state index >= 15 is 0 Å². The zero-order chi connectivity index (χ0) is 8.53. The van der Waals surface area contributed by atoms with Gasteiger partial charge in [-0.25, -0.2) is 0 Å². The van der Waals surface area contributed by atoms with Crippen molar-refractivity contribution >= 4 is 12.6 Å². The van der Waals surface area contributed by atoms with Gasteiger partial charge in [0.15, 0.2) is 0 Å². The third-order valence-corrected chi connectivity index (χ3v) is 2.17. The second-order valence-corrected chi connectivity index (χ2v) is 3.32. The molecular formula is C10H20S. The van der Waals surface area contributed by atoms with Gasteiger partial charge in [0, 0.05) is 0 Å². The minimum Gasteiger partial charge on any atom is -0.179 e. The van der Waals surface area contributed by atoms with Gasteiger partial charge in [-0.05, 0) is 31.9 Å². The maximum absolute atomic E-state index is 4.22. The van der Waals surface area contributed by atoms with Gasteiger partial charge < -0.3 is 0 Å². The fraction of sp³-hybridized carbons (Fsp3) is 0.800. The summed E-state index contributed by atoms with van der Waals surface area (Å²) in [5.41, 5.74) is 1.58. The van der Waals surface area contributed by atoms with Gasteiger partial charge in [0.1, 0.15) is 0 Å². The van der Waals surface area contributed by atoms with Gasteiger partial charge in [-0.1, -0.05) is 31.4 Å². The first kappa shape index (κ1) is 11.1. The molecule has 0 aromatic heterocycles. The van der Waals surface area contributed by atoms with Crippen LogP contribution in [-0.2, 0) is 0 Å². The molecule has 0 rings (SSSR count). The highest BCUT2D eigenvalue weighted by Crippen LogP contribution is 2.12. The van der Waals surface area contributed by atoms with Crippen molar-refractivity contribution in [3.05, 3.63) is 11.6 Å². The molecule has 0 aromatic rings. The second kappa shape index (κ2) is 8.19. The Morgan fingerprint density at radius 3 is 2.45 bits per heavy atom. The lowest BCUT2D eigenvalue weighted by molar-refractivity contribution is 0.702. The van der Waals surface area contributed by atoms with Crippen LogP contribution in [0.4, 0.5) is 0 Å². The average molecular weight is 172 g/mol. The number of hydrogen-bond donors (Lipinski definition) is 1. The van der Waals surface area contributed by atoms with Crippen molar-refractivity contribution in [2.75, 3.05) is 5.75 Å². The predicted octanol–water partition coefficient (Wildman–Crippen LogP) is 3.83. The third kappa shape index (κ3) is 6.49. The molecule has 0 fully saturated rings. The molecule has 66 valence electrons. The maximum Gasteiger partial charge on any atom is -0.00606 e. The molecule has 0 atom stereocenters. The van der Waals surface area contributed by atoms with Crippen LogP contribution in [0.1, 0.15) is 46.0 Å². The fourth-order valence-electron chi connectivity index (χ4n) is 1.16. The highest BCUT2D eigenvalue weighted by Gasteiger charge is 1.93. The van der Waals surface area contributed by atoms with Crippen molar-refractivity contribution in [1.82, 2.24) is 0 Å². The Morgan fingerprint density at radius 1 is 1.27 bits per heavy atom. The van der Waals surface area contributed by atoms with Crippen LogP contribution in [0.15, 0.2) is 11.6 Å². The first-order valence-electron chi connectivity index (χ1n) is 4.60. The van der Waals surface area contributed by atoms with E-state index in [4.69, 9.17) is 0 Å². The molecule has 0 spiro atoms. The van der Waals surface area contributed by atoms with Gasteiger partial charge in [-0.15, -0.1) is 0 Å². The molecule has 0 saturated carbocycles. The van der Waals surface area contributed by atoms with Crippen LogP contribution in [0.25, 0.3) is 0 Å². The van der Waals surface area contributed by atoms with Gasteiger partial charge in [0.2, 0.25) is 0 Å². The summed E-state index contributed by atoms with van der Waals surface area (Å²) in [7, 11) is 0. The Balaban J connectivity index is 3.37. The van der Waals surface area contributed by atoms with Crippen molar-refractivity contribution in [3.8, 4) is 0 Å². The molecule has 0 heterocycles. The van der Waals surface area contributed by atoms with E-state index in [0.717, 1.165) is 5.75 Å². The molecule has 0 bridgehead atoms. The van der Waals surface area contributed by atoms with E-state index in [1.807, 2.05) is 0 Å². The molecule has 0 aliphatic carbocycles. The Morgan fingerprint density at radius 2 is 2.00 bits per heavy atom. The molecule has 0 nitrogen and oxygen atoms in total. The Hall–Kier alpha value is 0.0900. The summed E-state index contributed by atoms with van der Waals surface area (Å²) in [6.45, 7) is 4.37. The lowest BCUT2D eigenvalue weighted by Gasteiger charge is -2.03. The molecule has 0 amide bonds. The number of thiol groups is 1. The molecule has 0 N–H and O–H groups in total. The topological polar surface area (TPSA) is 0 Å². The number of hydrogen-bond acceptors (Lipinski definition) is 1. The van der Waals surface area contributed by atoms with Crippen LogP contribution < -0.4 is 0 Å². The molecule has 1 heteroatoms. The van der Waals surface area contributed by atoms with Gasteiger partial charge in [0.05, 0.1) is 0 Å². The standard InChI is InChI=1S/C10H20S/c1-3-5-6-7-10(4-2)8-9-11/h4,11H,3,5-9H2,1-2H3/b10-4-. The van der Waals surface area contributed by atoms with E-state index in [2.05, 4.69) is 32.6 Å². The van der Waals surface area contributed by atoms with E-state index < -0.39 is 0 Å².